The first-order chi connectivity index (χ1) is 11.2. The molecule has 1 N–H and O–H groups in total. The van der Waals surface area contributed by atoms with E-state index >= 15 is 0 Å². The maximum absolute atomic E-state index is 12.6. The molecule has 1 saturated carbocycles. The van der Waals surface area contributed by atoms with Crippen molar-refractivity contribution in [1.29, 1.82) is 0 Å². The van der Waals surface area contributed by atoms with Gasteiger partial charge in [0, 0.05) is 19.0 Å². The van der Waals surface area contributed by atoms with Crippen molar-refractivity contribution in [2.75, 3.05) is 19.7 Å². The number of hydrogen-bond acceptors (Lipinski definition) is 3. The number of amides is 2. The Morgan fingerprint density at radius 2 is 1.87 bits per heavy atom. The number of benzene rings is 1. The Morgan fingerprint density at radius 3 is 2.48 bits per heavy atom. The number of carbonyl (C=O) groups is 2. The van der Waals surface area contributed by atoms with Gasteiger partial charge < -0.3 is 15.0 Å². The second-order valence-corrected chi connectivity index (χ2v) is 7.10. The number of nitrogens with one attached hydrogen (secondary N) is 1. The van der Waals surface area contributed by atoms with Crippen molar-refractivity contribution in [3.63, 3.8) is 0 Å². The van der Waals surface area contributed by atoms with E-state index in [1.807, 2.05) is 11.0 Å². The Morgan fingerprint density at radius 1 is 1.17 bits per heavy atom. The van der Waals surface area contributed by atoms with Crippen molar-refractivity contribution in [3.8, 4) is 0 Å². The molecule has 5 heteroatoms. The molecule has 2 saturated heterocycles. The molecule has 0 atom stereocenters. The zero-order valence-corrected chi connectivity index (χ0v) is 13.2. The third-order valence-corrected chi connectivity index (χ3v) is 5.55. The zero-order chi connectivity index (χ0) is 15.9. The SMILES string of the molecule is O=C1N[C@]2(CO1)C[C@H](C(=O)N1CCC(c3ccccc3)CC1)C2. The first-order valence-electron chi connectivity index (χ1n) is 8.44. The molecule has 0 aromatic heterocycles. The van der Waals surface area contributed by atoms with Crippen molar-refractivity contribution in [2.45, 2.75) is 37.1 Å². The lowest BCUT2D eigenvalue weighted by Gasteiger charge is -2.45. The molecule has 4 rings (SSSR count). The molecule has 3 fully saturated rings. The summed E-state index contributed by atoms with van der Waals surface area (Å²) in [7, 11) is 0. The molecular weight excluding hydrogens is 292 g/mol. The normalized spacial score (nSPS) is 30.7. The number of nitrogens with zero attached hydrogens (tertiary/aromatic N) is 1. The molecule has 2 aliphatic heterocycles. The fraction of sp³-hybridized carbons (Fsp3) is 0.556. The standard InChI is InChI=1S/C18H22N2O3/c21-16(15-10-18(11-15)12-23-17(22)19-18)20-8-6-14(7-9-20)13-4-2-1-3-5-13/h1-5,14-15H,6-12H2,(H,19,22)/t15-,18+. The van der Waals surface area contributed by atoms with Crippen LogP contribution in [-0.4, -0.2) is 42.1 Å². The Balaban J connectivity index is 1.29. The van der Waals surface area contributed by atoms with Crippen LogP contribution in [0.25, 0.3) is 0 Å². The molecule has 1 aromatic carbocycles. The number of likely N-dealkylation sites (tertiary alicyclic amines) is 1. The minimum absolute atomic E-state index is 0.0466. The van der Waals surface area contributed by atoms with Gasteiger partial charge in [-0.25, -0.2) is 4.79 Å². The Kier molecular flexibility index (Phi) is 3.51. The number of hydrogen-bond donors (Lipinski definition) is 1. The summed E-state index contributed by atoms with van der Waals surface area (Å²) in [4.78, 5) is 25.8. The number of ether oxygens (including phenoxy) is 1. The molecule has 1 spiro atoms. The van der Waals surface area contributed by atoms with Gasteiger partial charge in [0.05, 0.1) is 5.54 Å². The van der Waals surface area contributed by atoms with Crippen LogP contribution in [0.2, 0.25) is 0 Å². The average Bonchev–Trinajstić information content (AvgIpc) is 2.96. The summed E-state index contributed by atoms with van der Waals surface area (Å²) < 4.78 is 4.97. The quantitative estimate of drug-likeness (QED) is 0.911. The third-order valence-electron chi connectivity index (χ3n) is 5.55. The van der Waals surface area contributed by atoms with Crippen LogP contribution in [0.1, 0.15) is 37.2 Å². The van der Waals surface area contributed by atoms with E-state index in [1.165, 1.54) is 5.56 Å². The van der Waals surface area contributed by atoms with Gasteiger partial charge in [-0.3, -0.25) is 4.79 Å². The second kappa shape index (κ2) is 5.55. The van der Waals surface area contributed by atoms with Crippen LogP contribution >= 0.6 is 0 Å². The van der Waals surface area contributed by atoms with E-state index in [2.05, 4.69) is 29.6 Å². The number of alkyl carbamates (subject to hydrolysis) is 1. The second-order valence-electron chi connectivity index (χ2n) is 7.10. The topological polar surface area (TPSA) is 58.6 Å². The Bertz CT molecular complexity index is 602. The van der Waals surface area contributed by atoms with Crippen LogP contribution in [0.4, 0.5) is 4.79 Å². The van der Waals surface area contributed by atoms with Gasteiger partial charge in [-0.05, 0) is 37.2 Å². The third kappa shape index (κ3) is 2.69. The molecule has 0 radical (unpaired) electrons. The van der Waals surface area contributed by atoms with Crippen molar-refractivity contribution < 1.29 is 14.3 Å². The van der Waals surface area contributed by atoms with E-state index in [4.69, 9.17) is 4.74 Å². The van der Waals surface area contributed by atoms with Gasteiger partial charge in [0.25, 0.3) is 0 Å². The van der Waals surface area contributed by atoms with Crippen molar-refractivity contribution in [1.82, 2.24) is 10.2 Å². The summed E-state index contributed by atoms with van der Waals surface area (Å²) in [5.74, 6) is 0.865. The van der Waals surface area contributed by atoms with Gasteiger partial charge in [-0.1, -0.05) is 30.3 Å². The predicted octanol–water partition coefficient (Wildman–Crippen LogP) is 2.28. The summed E-state index contributed by atoms with van der Waals surface area (Å²) in [5.41, 5.74) is 1.12. The van der Waals surface area contributed by atoms with Crippen molar-refractivity contribution in [2.24, 2.45) is 5.92 Å². The van der Waals surface area contributed by atoms with Crippen molar-refractivity contribution in [3.05, 3.63) is 35.9 Å². The molecule has 3 aliphatic rings. The van der Waals surface area contributed by atoms with E-state index in [9.17, 15) is 9.59 Å². The lowest BCUT2D eigenvalue weighted by atomic mass is 9.68. The summed E-state index contributed by atoms with van der Waals surface area (Å²) in [6.07, 6.45) is 3.16. The minimum Gasteiger partial charge on any atom is -0.447 e. The number of cyclic esters (lactones) is 1. The molecule has 0 bridgehead atoms. The fourth-order valence-electron chi connectivity index (χ4n) is 4.19. The number of piperidine rings is 1. The van der Waals surface area contributed by atoms with Gasteiger partial charge in [0.2, 0.25) is 5.91 Å². The Labute approximate surface area is 136 Å². The molecule has 2 heterocycles. The highest BCUT2D eigenvalue weighted by Crippen LogP contribution is 2.42. The fourth-order valence-corrected chi connectivity index (χ4v) is 4.19. The molecule has 1 aromatic rings. The van der Waals surface area contributed by atoms with Crippen LogP contribution < -0.4 is 5.32 Å². The first kappa shape index (κ1) is 14.5. The van der Waals surface area contributed by atoms with Gasteiger partial charge in [-0.15, -0.1) is 0 Å². The monoisotopic (exact) mass is 314 g/mol. The van der Waals surface area contributed by atoms with Crippen LogP contribution in [0.15, 0.2) is 30.3 Å². The number of rotatable bonds is 2. The van der Waals surface area contributed by atoms with E-state index < -0.39 is 0 Å². The number of carbonyl (C=O) groups excluding carboxylic acids is 2. The molecule has 23 heavy (non-hydrogen) atoms. The molecule has 5 nitrogen and oxygen atoms in total. The van der Waals surface area contributed by atoms with Gasteiger partial charge >= 0.3 is 6.09 Å². The summed E-state index contributed by atoms with van der Waals surface area (Å²) in [6.45, 7) is 2.08. The molecular formula is C18H22N2O3. The highest BCUT2D eigenvalue weighted by molar-refractivity contribution is 5.81. The van der Waals surface area contributed by atoms with Crippen LogP contribution in [-0.2, 0) is 9.53 Å². The van der Waals surface area contributed by atoms with E-state index in [0.717, 1.165) is 38.8 Å². The lowest BCUT2D eigenvalue weighted by Crippen LogP contribution is -2.58. The summed E-state index contributed by atoms with van der Waals surface area (Å²) >= 11 is 0. The van der Waals surface area contributed by atoms with Crippen LogP contribution in [0.3, 0.4) is 0 Å². The average molecular weight is 314 g/mol. The van der Waals surface area contributed by atoms with Crippen LogP contribution in [0.5, 0.6) is 0 Å². The summed E-state index contributed by atoms with van der Waals surface area (Å²) in [5, 5.41) is 2.85. The molecule has 0 unspecified atom stereocenters. The minimum atomic E-state index is -0.348. The first-order valence-corrected chi connectivity index (χ1v) is 8.44. The van der Waals surface area contributed by atoms with Crippen molar-refractivity contribution >= 4 is 12.0 Å². The molecule has 1 aliphatic carbocycles. The Hall–Kier alpha value is -2.04. The highest BCUT2D eigenvalue weighted by atomic mass is 16.6. The van der Waals surface area contributed by atoms with Gasteiger partial charge in [0.15, 0.2) is 0 Å². The maximum Gasteiger partial charge on any atom is 0.407 e. The zero-order valence-electron chi connectivity index (χ0n) is 13.2. The predicted molar refractivity (Wildman–Crippen MR) is 84.9 cm³/mol. The lowest BCUT2D eigenvalue weighted by molar-refractivity contribution is -0.142. The molecule has 122 valence electrons. The smallest absolute Gasteiger partial charge is 0.407 e. The molecule has 2 amide bonds. The van der Waals surface area contributed by atoms with E-state index in [0.29, 0.717) is 12.5 Å². The largest absolute Gasteiger partial charge is 0.447 e. The highest BCUT2D eigenvalue weighted by Gasteiger charge is 2.53. The van der Waals surface area contributed by atoms with E-state index in [-0.39, 0.29) is 23.5 Å². The summed E-state index contributed by atoms with van der Waals surface area (Å²) in [6, 6.07) is 10.6. The maximum atomic E-state index is 12.6. The van der Waals surface area contributed by atoms with E-state index in [1.54, 1.807) is 0 Å². The van der Waals surface area contributed by atoms with Gasteiger partial charge in [0.1, 0.15) is 6.61 Å². The van der Waals surface area contributed by atoms with Crippen LogP contribution in [0, 0.1) is 5.92 Å². The van der Waals surface area contributed by atoms with Gasteiger partial charge in [-0.2, -0.15) is 0 Å².